The number of imide groups is 1. The maximum atomic E-state index is 13.6. The number of aromatic amines is 1. The van der Waals surface area contributed by atoms with E-state index in [1.54, 1.807) is 31.2 Å². The van der Waals surface area contributed by atoms with Crippen LogP contribution in [0.4, 0.5) is 5.69 Å². The van der Waals surface area contributed by atoms with Gasteiger partial charge in [-0.3, -0.25) is 19.5 Å². The van der Waals surface area contributed by atoms with E-state index in [9.17, 15) is 14.4 Å². The average Bonchev–Trinajstić information content (AvgIpc) is 3.47. The van der Waals surface area contributed by atoms with Crippen molar-refractivity contribution in [3.63, 3.8) is 0 Å². The lowest BCUT2D eigenvalue weighted by atomic mass is 10.0. The van der Waals surface area contributed by atoms with Crippen LogP contribution in [0.3, 0.4) is 0 Å². The van der Waals surface area contributed by atoms with Gasteiger partial charge in [-0.25, -0.2) is 9.58 Å². The van der Waals surface area contributed by atoms with E-state index in [1.807, 2.05) is 41.3 Å². The number of carbonyl (C=O) groups is 2. The van der Waals surface area contributed by atoms with Crippen LogP contribution in [0, 0.1) is 6.92 Å². The van der Waals surface area contributed by atoms with E-state index in [4.69, 9.17) is 0 Å². The molecule has 2 aliphatic heterocycles. The van der Waals surface area contributed by atoms with E-state index in [1.165, 1.54) is 9.58 Å². The van der Waals surface area contributed by atoms with E-state index in [-0.39, 0.29) is 22.6 Å². The van der Waals surface area contributed by atoms with Crippen molar-refractivity contribution in [2.45, 2.75) is 19.8 Å². The average molecular weight is 414 g/mol. The third-order valence-electron chi connectivity index (χ3n) is 5.83. The van der Waals surface area contributed by atoms with Crippen LogP contribution >= 0.6 is 0 Å². The number of amides is 2. The molecule has 156 valence electrons. The summed E-state index contributed by atoms with van der Waals surface area (Å²) in [7, 11) is 0. The molecule has 2 aliphatic rings. The molecule has 1 N–H and O–H groups in total. The van der Waals surface area contributed by atoms with Gasteiger partial charge in [-0.15, -0.1) is 0 Å². The van der Waals surface area contributed by atoms with Gasteiger partial charge in [-0.2, -0.15) is 0 Å². The van der Waals surface area contributed by atoms with Crippen LogP contribution in [-0.4, -0.2) is 39.6 Å². The quantitative estimate of drug-likeness (QED) is 0.666. The first kappa shape index (κ1) is 19.1. The lowest BCUT2D eigenvalue weighted by Gasteiger charge is -2.20. The van der Waals surface area contributed by atoms with Gasteiger partial charge in [0.25, 0.3) is 17.4 Å². The highest BCUT2D eigenvalue weighted by Crippen LogP contribution is 2.35. The van der Waals surface area contributed by atoms with Gasteiger partial charge in [-0.1, -0.05) is 36.4 Å². The van der Waals surface area contributed by atoms with Gasteiger partial charge in [0.15, 0.2) is 0 Å². The molecule has 3 heterocycles. The Morgan fingerprint density at radius 2 is 1.35 bits per heavy atom. The van der Waals surface area contributed by atoms with Crippen molar-refractivity contribution in [2.75, 3.05) is 18.0 Å². The van der Waals surface area contributed by atoms with E-state index in [0.29, 0.717) is 35.9 Å². The molecule has 2 aromatic carbocycles. The van der Waals surface area contributed by atoms with Gasteiger partial charge in [0.2, 0.25) is 0 Å². The predicted molar refractivity (Wildman–Crippen MR) is 118 cm³/mol. The molecule has 1 fully saturated rings. The molecule has 31 heavy (non-hydrogen) atoms. The minimum absolute atomic E-state index is 0.184. The zero-order valence-corrected chi connectivity index (χ0v) is 17.2. The number of nitrogens with one attached hydrogen (secondary N) is 1. The summed E-state index contributed by atoms with van der Waals surface area (Å²) < 4.78 is 1.42. The Labute approximate surface area is 179 Å². The molecule has 2 amide bonds. The van der Waals surface area contributed by atoms with Crippen LogP contribution in [-0.2, 0) is 9.59 Å². The van der Waals surface area contributed by atoms with Crippen LogP contribution in [0.15, 0.2) is 71.2 Å². The van der Waals surface area contributed by atoms with Crippen LogP contribution in [0.2, 0.25) is 0 Å². The normalized spacial score (nSPS) is 16.7. The second kappa shape index (κ2) is 7.43. The monoisotopic (exact) mass is 414 g/mol. The number of likely N-dealkylation sites (tertiary alicyclic amines) is 1. The number of carbonyl (C=O) groups excluding carboxylic acids is 2. The standard InChI is InChI=1S/C24H22N4O3/c1-16-19(23(30)28(25-16)18-12-6-3-7-13-18)20-21(26-14-8-9-15-26)24(31)27(22(20)29)17-10-4-2-5-11-17/h2-7,10-13,25H,8-9,14-15H2,1H3. The Morgan fingerprint density at radius 3 is 1.97 bits per heavy atom. The van der Waals surface area contributed by atoms with E-state index < -0.39 is 5.91 Å². The molecule has 3 aromatic rings. The molecule has 0 spiro atoms. The van der Waals surface area contributed by atoms with Gasteiger partial charge in [-0.05, 0) is 44.0 Å². The van der Waals surface area contributed by atoms with Gasteiger partial charge in [0, 0.05) is 18.8 Å². The maximum absolute atomic E-state index is 13.6. The predicted octanol–water partition coefficient (Wildman–Crippen LogP) is 2.85. The number of hydrogen-bond donors (Lipinski definition) is 1. The fraction of sp³-hybridized carbons (Fsp3) is 0.208. The van der Waals surface area contributed by atoms with Gasteiger partial charge >= 0.3 is 0 Å². The summed E-state index contributed by atoms with van der Waals surface area (Å²) in [5.74, 6) is -0.836. The van der Waals surface area contributed by atoms with Crippen molar-refractivity contribution in [2.24, 2.45) is 0 Å². The summed E-state index contributed by atoms with van der Waals surface area (Å²) in [5.41, 5.74) is 2.14. The molecule has 7 heteroatoms. The molecule has 0 unspecified atom stereocenters. The van der Waals surface area contributed by atoms with Crippen LogP contribution < -0.4 is 10.5 Å². The van der Waals surface area contributed by atoms with E-state index >= 15 is 0 Å². The molecule has 0 atom stereocenters. The van der Waals surface area contributed by atoms with Crippen LogP contribution in [0.5, 0.6) is 0 Å². The Kier molecular flexibility index (Phi) is 4.58. The minimum atomic E-state index is -0.461. The molecule has 0 bridgehead atoms. The highest BCUT2D eigenvalue weighted by Gasteiger charge is 2.44. The van der Waals surface area contributed by atoms with E-state index in [0.717, 1.165) is 12.8 Å². The first-order valence-corrected chi connectivity index (χ1v) is 10.4. The number of benzene rings is 2. The molecule has 1 aromatic heterocycles. The van der Waals surface area contributed by atoms with Gasteiger partial charge in [0.1, 0.15) is 5.70 Å². The number of rotatable bonds is 4. The fourth-order valence-corrected chi connectivity index (χ4v) is 4.39. The van der Waals surface area contributed by atoms with Crippen molar-refractivity contribution in [1.29, 1.82) is 0 Å². The molecule has 5 rings (SSSR count). The Hall–Kier alpha value is -3.87. The van der Waals surface area contributed by atoms with Crippen LogP contribution in [0.1, 0.15) is 24.1 Å². The zero-order chi connectivity index (χ0) is 21.5. The Bertz CT molecular complexity index is 1250. The Morgan fingerprint density at radius 1 is 0.774 bits per heavy atom. The lowest BCUT2D eigenvalue weighted by Crippen LogP contribution is -2.34. The first-order valence-electron chi connectivity index (χ1n) is 10.4. The highest BCUT2D eigenvalue weighted by atomic mass is 16.2. The number of aromatic nitrogens is 2. The molecule has 7 nitrogen and oxygen atoms in total. The highest BCUT2D eigenvalue weighted by molar-refractivity contribution is 6.45. The molecule has 0 aliphatic carbocycles. The third kappa shape index (κ3) is 3.01. The molecular weight excluding hydrogens is 392 g/mol. The lowest BCUT2D eigenvalue weighted by molar-refractivity contribution is -0.120. The number of H-pyrrole nitrogens is 1. The number of aryl methyl sites for hydroxylation is 1. The summed E-state index contributed by atoms with van der Waals surface area (Å²) >= 11 is 0. The van der Waals surface area contributed by atoms with Gasteiger partial charge < -0.3 is 4.90 Å². The summed E-state index contributed by atoms with van der Waals surface area (Å²) in [6.07, 6.45) is 1.90. The summed E-state index contributed by atoms with van der Waals surface area (Å²) in [5, 5.41) is 3.08. The zero-order valence-electron chi connectivity index (χ0n) is 17.2. The third-order valence-corrected chi connectivity index (χ3v) is 5.83. The topological polar surface area (TPSA) is 78.4 Å². The van der Waals surface area contributed by atoms with Crippen LogP contribution in [0.25, 0.3) is 11.3 Å². The molecule has 0 saturated carbocycles. The summed E-state index contributed by atoms with van der Waals surface area (Å²) in [6.45, 7) is 3.14. The second-order valence-corrected chi connectivity index (χ2v) is 7.79. The first-order chi connectivity index (χ1) is 15.1. The largest absolute Gasteiger partial charge is 0.366 e. The van der Waals surface area contributed by atoms with Gasteiger partial charge in [0.05, 0.1) is 22.5 Å². The SMILES string of the molecule is Cc1[nH]n(-c2ccccc2)c(=O)c1C1=C(N2CCCC2)C(=O)N(c2ccccc2)C1=O. The molecule has 1 saturated heterocycles. The summed E-state index contributed by atoms with van der Waals surface area (Å²) in [4.78, 5) is 43.6. The fourth-order valence-electron chi connectivity index (χ4n) is 4.39. The van der Waals surface area contributed by atoms with E-state index in [2.05, 4.69) is 5.10 Å². The second-order valence-electron chi connectivity index (χ2n) is 7.79. The number of anilines is 1. The number of para-hydroxylation sites is 2. The molecular formula is C24H22N4O3. The van der Waals surface area contributed by atoms with Crippen molar-refractivity contribution in [3.05, 3.63) is 88.0 Å². The number of nitrogens with zero attached hydrogens (tertiary/aromatic N) is 3. The van der Waals surface area contributed by atoms with Crippen molar-refractivity contribution in [1.82, 2.24) is 14.7 Å². The maximum Gasteiger partial charge on any atom is 0.282 e. The van der Waals surface area contributed by atoms with Crippen molar-refractivity contribution in [3.8, 4) is 5.69 Å². The smallest absolute Gasteiger partial charge is 0.282 e. The Balaban J connectivity index is 1.70. The molecule has 0 radical (unpaired) electrons. The number of hydrogen-bond acceptors (Lipinski definition) is 4. The summed E-state index contributed by atoms with van der Waals surface area (Å²) in [6, 6.07) is 18.0. The van der Waals surface area contributed by atoms with Crippen molar-refractivity contribution >= 4 is 23.1 Å². The minimum Gasteiger partial charge on any atom is -0.366 e. The van der Waals surface area contributed by atoms with Crippen molar-refractivity contribution < 1.29 is 9.59 Å².